The highest BCUT2D eigenvalue weighted by Crippen LogP contribution is 2.10. The number of nitrogens with one attached hydrogen (secondary N) is 1. The standard InChI is InChI=1S/C12H16N6O2/c1-8(2)11-17-16-7-18(11)4-3-13-10-6-14-9(5-15-10)12(19)20/h5-8H,3-4H2,1-2H3,(H,13,15)(H,19,20). The predicted molar refractivity (Wildman–Crippen MR) is 71.6 cm³/mol. The van der Waals surface area contributed by atoms with Gasteiger partial charge in [0, 0.05) is 19.0 Å². The zero-order valence-corrected chi connectivity index (χ0v) is 11.3. The van der Waals surface area contributed by atoms with Gasteiger partial charge in [-0.05, 0) is 0 Å². The SMILES string of the molecule is CC(C)c1nncn1CCNc1cnc(C(=O)O)cn1. The van der Waals surface area contributed by atoms with Gasteiger partial charge in [0.05, 0.1) is 12.4 Å². The molecule has 0 aliphatic rings. The molecule has 2 rings (SSSR count). The lowest BCUT2D eigenvalue weighted by Crippen LogP contribution is -2.14. The minimum atomic E-state index is -1.09. The highest BCUT2D eigenvalue weighted by atomic mass is 16.4. The monoisotopic (exact) mass is 276 g/mol. The van der Waals surface area contributed by atoms with Gasteiger partial charge < -0.3 is 15.0 Å². The molecule has 2 N–H and O–H groups in total. The topological polar surface area (TPSA) is 106 Å². The molecule has 0 spiro atoms. The average molecular weight is 276 g/mol. The molecule has 0 saturated heterocycles. The predicted octanol–water partition coefficient (Wildman–Crippen LogP) is 1.00. The Bertz CT molecular complexity index is 578. The number of carbonyl (C=O) groups is 1. The summed E-state index contributed by atoms with van der Waals surface area (Å²) in [6.07, 6.45) is 4.32. The first-order valence-corrected chi connectivity index (χ1v) is 6.25. The molecular weight excluding hydrogens is 260 g/mol. The van der Waals surface area contributed by atoms with Gasteiger partial charge in [-0.15, -0.1) is 10.2 Å². The van der Waals surface area contributed by atoms with Crippen molar-refractivity contribution in [2.75, 3.05) is 11.9 Å². The van der Waals surface area contributed by atoms with E-state index in [9.17, 15) is 4.79 Å². The summed E-state index contributed by atoms with van der Waals surface area (Å²) in [5, 5.41) is 19.7. The summed E-state index contributed by atoms with van der Waals surface area (Å²) in [7, 11) is 0. The Labute approximate surface area is 115 Å². The first-order valence-electron chi connectivity index (χ1n) is 6.25. The second-order valence-corrected chi connectivity index (χ2v) is 4.56. The van der Waals surface area contributed by atoms with Crippen LogP contribution in [0.15, 0.2) is 18.7 Å². The van der Waals surface area contributed by atoms with Gasteiger partial charge in [-0.25, -0.2) is 14.8 Å². The van der Waals surface area contributed by atoms with Gasteiger partial charge in [0.2, 0.25) is 0 Å². The van der Waals surface area contributed by atoms with E-state index in [4.69, 9.17) is 5.11 Å². The average Bonchev–Trinajstić information content (AvgIpc) is 2.88. The van der Waals surface area contributed by atoms with Crippen LogP contribution < -0.4 is 5.32 Å². The molecule has 0 aliphatic heterocycles. The van der Waals surface area contributed by atoms with Crippen LogP contribution in [0.1, 0.15) is 36.1 Å². The molecule has 0 unspecified atom stereocenters. The van der Waals surface area contributed by atoms with E-state index in [-0.39, 0.29) is 5.69 Å². The van der Waals surface area contributed by atoms with Gasteiger partial charge in [-0.2, -0.15) is 0 Å². The van der Waals surface area contributed by atoms with Crippen LogP contribution >= 0.6 is 0 Å². The summed E-state index contributed by atoms with van der Waals surface area (Å²) in [5.74, 6) is 0.690. The lowest BCUT2D eigenvalue weighted by molar-refractivity contribution is 0.0690. The molecule has 2 aromatic heterocycles. The molecule has 106 valence electrons. The minimum absolute atomic E-state index is 0.0727. The Hall–Kier alpha value is -2.51. The molecule has 8 heteroatoms. The van der Waals surface area contributed by atoms with E-state index < -0.39 is 5.97 Å². The van der Waals surface area contributed by atoms with Crippen LogP contribution in [0.4, 0.5) is 5.82 Å². The molecule has 0 aromatic carbocycles. The van der Waals surface area contributed by atoms with Gasteiger partial charge in [0.25, 0.3) is 0 Å². The molecule has 0 amide bonds. The number of rotatable bonds is 6. The lowest BCUT2D eigenvalue weighted by Gasteiger charge is -2.09. The third-order valence-corrected chi connectivity index (χ3v) is 2.69. The fourth-order valence-electron chi connectivity index (χ4n) is 1.72. The molecule has 2 aromatic rings. The van der Waals surface area contributed by atoms with Gasteiger partial charge >= 0.3 is 5.97 Å². The van der Waals surface area contributed by atoms with E-state index in [0.717, 1.165) is 5.82 Å². The lowest BCUT2D eigenvalue weighted by atomic mass is 10.2. The van der Waals surface area contributed by atoms with E-state index in [1.54, 1.807) is 6.33 Å². The Balaban J connectivity index is 1.89. The largest absolute Gasteiger partial charge is 0.476 e. The van der Waals surface area contributed by atoms with Gasteiger partial charge in [-0.3, -0.25) is 0 Å². The maximum Gasteiger partial charge on any atom is 0.356 e. The molecule has 0 aliphatic carbocycles. The Morgan fingerprint density at radius 3 is 2.80 bits per heavy atom. The van der Waals surface area contributed by atoms with Crippen LogP contribution in [-0.4, -0.2) is 42.4 Å². The number of aromatic nitrogens is 5. The van der Waals surface area contributed by atoms with Crippen LogP contribution in [0.3, 0.4) is 0 Å². The zero-order chi connectivity index (χ0) is 14.5. The van der Waals surface area contributed by atoms with Gasteiger partial charge in [-0.1, -0.05) is 13.8 Å². The fourth-order valence-corrected chi connectivity index (χ4v) is 1.72. The fraction of sp³-hybridized carbons (Fsp3) is 0.417. The quantitative estimate of drug-likeness (QED) is 0.810. The number of carboxylic acid groups (broad SMARTS) is 1. The summed E-state index contributed by atoms with van der Waals surface area (Å²) in [4.78, 5) is 18.4. The Morgan fingerprint density at radius 1 is 1.40 bits per heavy atom. The maximum atomic E-state index is 10.6. The number of anilines is 1. The summed E-state index contributed by atoms with van der Waals surface area (Å²) in [6, 6.07) is 0. The summed E-state index contributed by atoms with van der Waals surface area (Å²) < 4.78 is 1.97. The third kappa shape index (κ3) is 3.28. The third-order valence-electron chi connectivity index (χ3n) is 2.69. The molecule has 2 heterocycles. The van der Waals surface area contributed by atoms with Crippen LogP contribution in [0.25, 0.3) is 0 Å². The number of aromatic carboxylic acids is 1. The van der Waals surface area contributed by atoms with E-state index in [1.165, 1.54) is 12.4 Å². The van der Waals surface area contributed by atoms with E-state index in [0.29, 0.717) is 24.8 Å². The highest BCUT2D eigenvalue weighted by molar-refractivity contribution is 5.84. The highest BCUT2D eigenvalue weighted by Gasteiger charge is 2.08. The molecule has 0 fully saturated rings. The van der Waals surface area contributed by atoms with Crippen molar-refractivity contribution < 1.29 is 9.90 Å². The van der Waals surface area contributed by atoms with Crippen molar-refractivity contribution in [3.8, 4) is 0 Å². The van der Waals surface area contributed by atoms with Crippen molar-refractivity contribution in [3.05, 3.63) is 30.2 Å². The Kier molecular flexibility index (Phi) is 4.24. The molecular formula is C12H16N6O2. The van der Waals surface area contributed by atoms with Crippen molar-refractivity contribution in [3.63, 3.8) is 0 Å². The molecule has 0 saturated carbocycles. The van der Waals surface area contributed by atoms with Gasteiger partial charge in [0.15, 0.2) is 5.69 Å². The molecule has 0 atom stereocenters. The van der Waals surface area contributed by atoms with Crippen molar-refractivity contribution in [1.82, 2.24) is 24.7 Å². The van der Waals surface area contributed by atoms with Crippen molar-refractivity contribution in [2.45, 2.75) is 26.3 Å². The van der Waals surface area contributed by atoms with Crippen molar-refractivity contribution in [2.24, 2.45) is 0 Å². The number of hydrogen-bond donors (Lipinski definition) is 2. The second kappa shape index (κ2) is 6.09. The van der Waals surface area contributed by atoms with E-state index >= 15 is 0 Å². The van der Waals surface area contributed by atoms with E-state index in [1.807, 2.05) is 4.57 Å². The number of carboxylic acids is 1. The molecule has 0 bridgehead atoms. The summed E-state index contributed by atoms with van der Waals surface area (Å²) in [5.41, 5.74) is -0.0727. The normalized spacial score (nSPS) is 10.8. The summed E-state index contributed by atoms with van der Waals surface area (Å²) in [6.45, 7) is 5.44. The van der Waals surface area contributed by atoms with Crippen LogP contribution in [-0.2, 0) is 6.54 Å². The number of nitrogens with zero attached hydrogens (tertiary/aromatic N) is 5. The zero-order valence-electron chi connectivity index (χ0n) is 11.3. The van der Waals surface area contributed by atoms with Crippen LogP contribution in [0.2, 0.25) is 0 Å². The second-order valence-electron chi connectivity index (χ2n) is 4.56. The van der Waals surface area contributed by atoms with E-state index in [2.05, 4.69) is 39.3 Å². The molecule has 20 heavy (non-hydrogen) atoms. The first kappa shape index (κ1) is 13.9. The minimum Gasteiger partial charge on any atom is -0.476 e. The smallest absolute Gasteiger partial charge is 0.356 e. The Morgan fingerprint density at radius 2 is 2.20 bits per heavy atom. The molecule has 0 radical (unpaired) electrons. The van der Waals surface area contributed by atoms with Gasteiger partial charge in [0.1, 0.15) is 18.0 Å². The first-order chi connectivity index (χ1) is 9.58. The summed E-state index contributed by atoms with van der Waals surface area (Å²) >= 11 is 0. The van der Waals surface area contributed by atoms with Crippen LogP contribution in [0, 0.1) is 0 Å². The molecule has 8 nitrogen and oxygen atoms in total. The number of hydrogen-bond acceptors (Lipinski definition) is 6. The van der Waals surface area contributed by atoms with Crippen molar-refractivity contribution in [1.29, 1.82) is 0 Å². The maximum absolute atomic E-state index is 10.6. The van der Waals surface area contributed by atoms with Crippen molar-refractivity contribution >= 4 is 11.8 Å². The van der Waals surface area contributed by atoms with Crippen LogP contribution in [0.5, 0.6) is 0 Å².